The highest BCUT2D eigenvalue weighted by Crippen LogP contribution is 2.18. The molecule has 0 atom stereocenters. The molecule has 0 bridgehead atoms. The lowest BCUT2D eigenvalue weighted by molar-refractivity contribution is 0.564. The summed E-state index contributed by atoms with van der Waals surface area (Å²) in [7, 11) is 0. The fraction of sp³-hybridized carbons (Fsp3) is 0. The van der Waals surface area contributed by atoms with Crippen LogP contribution in [0.3, 0.4) is 0 Å². The van der Waals surface area contributed by atoms with Gasteiger partial charge in [-0.2, -0.15) is 0 Å². The number of hydrogen-bond acceptors (Lipinski definition) is 4. The Balaban J connectivity index is 2.39. The van der Waals surface area contributed by atoms with Gasteiger partial charge in [0, 0.05) is 5.41 Å². The van der Waals surface area contributed by atoms with Crippen LogP contribution < -0.4 is 5.10 Å². The normalized spacial score (nSPS) is 22.0. The van der Waals surface area contributed by atoms with Crippen LogP contribution in [0.5, 0.6) is 0 Å². The number of fused-ring (bicyclic) bond motifs is 1. The summed E-state index contributed by atoms with van der Waals surface area (Å²) in [5, 5.41) is 8.54. The number of thioether (sulfide) groups is 1. The average Bonchev–Trinajstić information content (AvgIpc) is 2.15. The fourth-order valence-corrected chi connectivity index (χ4v) is 1.20. The first-order valence-corrected chi connectivity index (χ1v) is 3.07. The van der Waals surface area contributed by atoms with Gasteiger partial charge in [-0.15, -0.1) is 0 Å². The molecule has 0 aromatic carbocycles. The van der Waals surface area contributed by atoms with E-state index in [0.717, 1.165) is 5.17 Å². The molecule has 4 heteroatoms. The Hall–Kier alpha value is -0.770. The summed E-state index contributed by atoms with van der Waals surface area (Å²) in [6.45, 7) is 0. The summed E-state index contributed by atoms with van der Waals surface area (Å²) in [6, 6.07) is 0. The molecular weight excluding hydrogens is 122 g/mol. The maximum Gasteiger partial charge on any atom is 0.356 e. The minimum atomic E-state index is 0.949. The summed E-state index contributed by atoms with van der Waals surface area (Å²) >= 11 is 1.58. The quantitative estimate of drug-likeness (QED) is 0.461. The molecule has 0 unspecified atom stereocenters. The van der Waals surface area contributed by atoms with Crippen LogP contribution >= 0.6 is 11.8 Å². The van der Waals surface area contributed by atoms with Crippen molar-refractivity contribution in [3.63, 3.8) is 0 Å². The zero-order valence-corrected chi connectivity index (χ0v) is 4.80. The van der Waals surface area contributed by atoms with Crippen LogP contribution in [0.4, 0.5) is 0 Å². The molecule has 0 fully saturated rings. The van der Waals surface area contributed by atoms with E-state index < -0.39 is 0 Å². The van der Waals surface area contributed by atoms with Gasteiger partial charge in [-0.3, -0.25) is 0 Å². The van der Waals surface area contributed by atoms with E-state index in [-0.39, 0.29) is 0 Å². The lowest BCUT2D eigenvalue weighted by atomic mass is 10.9. The van der Waals surface area contributed by atoms with Gasteiger partial charge in [-0.1, -0.05) is 5.01 Å². The standard InChI is InChI=1S/C4H3N3S/c1-2-8-4-5-3-6-7(1)4/h1-3H/q+1. The van der Waals surface area contributed by atoms with Crippen molar-refractivity contribution in [2.45, 2.75) is 0 Å². The Labute approximate surface area is 50.8 Å². The van der Waals surface area contributed by atoms with Gasteiger partial charge >= 0.3 is 11.5 Å². The summed E-state index contributed by atoms with van der Waals surface area (Å²) in [5.41, 5.74) is 0. The zero-order chi connectivity index (χ0) is 5.40. The van der Waals surface area contributed by atoms with Crippen LogP contribution in [0.2, 0.25) is 0 Å². The van der Waals surface area contributed by atoms with Gasteiger partial charge < -0.3 is 0 Å². The van der Waals surface area contributed by atoms with Gasteiger partial charge in [-0.05, 0) is 16.8 Å². The molecule has 8 heavy (non-hydrogen) atoms. The maximum atomic E-state index is 3.95. The molecule has 0 spiro atoms. The molecular formula is C4H3N3S+. The predicted molar refractivity (Wildman–Crippen MR) is 34.2 cm³/mol. The van der Waals surface area contributed by atoms with E-state index in [9.17, 15) is 0 Å². The van der Waals surface area contributed by atoms with Crippen LogP contribution in [-0.2, 0) is 0 Å². The van der Waals surface area contributed by atoms with Crippen molar-refractivity contribution in [2.75, 3.05) is 0 Å². The van der Waals surface area contributed by atoms with Crippen molar-refractivity contribution in [1.29, 1.82) is 0 Å². The molecule has 0 N–H and O–H groups in total. The first-order chi connectivity index (χ1) is 3.97. The second kappa shape index (κ2) is 1.35. The third-order valence-electron chi connectivity index (χ3n) is 0.916. The lowest BCUT2D eigenvalue weighted by Gasteiger charge is -1.87. The molecule has 0 saturated carbocycles. The molecule has 0 aliphatic carbocycles. The van der Waals surface area contributed by atoms with Gasteiger partial charge in [0.05, 0.1) is 11.3 Å². The van der Waals surface area contributed by atoms with Crippen molar-refractivity contribution in [3.05, 3.63) is 11.6 Å². The molecule has 2 heterocycles. The van der Waals surface area contributed by atoms with Crippen molar-refractivity contribution in [3.8, 4) is 0 Å². The Morgan fingerprint density at radius 1 is 1.75 bits per heavy atom. The molecule has 39 valence electrons. The molecule has 0 saturated heterocycles. The van der Waals surface area contributed by atoms with Crippen molar-refractivity contribution < 1.29 is 0 Å². The van der Waals surface area contributed by atoms with Crippen molar-refractivity contribution >= 4 is 23.3 Å². The maximum absolute atomic E-state index is 3.95. The minimum Gasteiger partial charge on any atom is -0.0988 e. The van der Waals surface area contributed by atoms with Crippen LogP contribution in [0.15, 0.2) is 16.6 Å². The first-order valence-electron chi connectivity index (χ1n) is 2.19. The van der Waals surface area contributed by atoms with Crippen LogP contribution in [0, 0.1) is 0 Å². The molecule has 2 aliphatic rings. The zero-order valence-electron chi connectivity index (χ0n) is 3.98. The minimum absolute atomic E-state index is 0.949. The van der Waals surface area contributed by atoms with Gasteiger partial charge in [0.25, 0.3) is 0 Å². The van der Waals surface area contributed by atoms with Gasteiger partial charge in [-0.25, -0.2) is 0 Å². The highest BCUT2D eigenvalue weighted by atomic mass is 32.2. The lowest BCUT2D eigenvalue weighted by Crippen LogP contribution is -2.15. The van der Waals surface area contributed by atoms with E-state index in [1.807, 2.05) is 11.6 Å². The SMILES string of the molecule is C1=CN2[N+]=CN=C2S1. The molecule has 0 amide bonds. The Kier molecular flexibility index (Phi) is 0.700. The molecule has 2 aliphatic heterocycles. The van der Waals surface area contributed by atoms with Gasteiger partial charge in [0.15, 0.2) is 0 Å². The molecule has 0 aromatic rings. The van der Waals surface area contributed by atoms with E-state index in [4.69, 9.17) is 0 Å². The first kappa shape index (κ1) is 4.14. The number of amidine groups is 1. The third-order valence-corrected chi connectivity index (χ3v) is 1.68. The Morgan fingerprint density at radius 3 is 3.62 bits per heavy atom. The molecule has 0 aromatic heterocycles. The third kappa shape index (κ3) is 0.403. The topological polar surface area (TPSA) is 29.7 Å². The van der Waals surface area contributed by atoms with E-state index >= 15 is 0 Å². The molecule has 1 radical (unpaired) electrons. The highest BCUT2D eigenvalue weighted by Gasteiger charge is 2.26. The highest BCUT2D eigenvalue weighted by molar-refractivity contribution is 8.16. The second-order valence-electron chi connectivity index (χ2n) is 1.39. The van der Waals surface area contributed by atoms with Crippen molar-refractivity contribution in [1.82, 2.24) is 10.1 Å². The van der Waals surface area contributed by atoms with Crippen LogP contribution in [-0.4, -0.2) is 16.5 Å². The fourth-order valence-electron chi connectivity index (χ4n) is 0.575. The number of nitrogens with zero attached hydrogens (tertiary/aromatic N) is 3. The molecule has 3 nitrogen and oxygen atoms in total. The van der Waals surface area contributed by atoms with Gasteiger partial charge in [0.1, 0.15) is 0 Å². The number of hydrogen-bond donors (Lipinski definition) is 0. The number of aliphatic imine (C=N–C) groups is 1. The van der Waals surface area contributed by atoms with Gasteiger partial charge in [0.2, 0.25) is 0 Å². The largest absolute Gasteiger partial charge is 0.356 e. The van der Waals surface area contributed by atoms with Crippen LogP contribution in [0.25, 0.3) is 0 Å². The van der Waals surface area contributed by atoms with E-state index in [1.54, 1.807) is 23.1 Å². The van der Waals surface area contributed by atoms with Crippen molar-refractivity contribution in [2.24, 2.45) is 4.99 Å². The smallest absolute Gasteiger partial charge is 0.0988 e. The second-order valence-corrected chi connectivity index (χ2v) is 2.26. The Bertz CT molecular complexity index is 193. The summed E-state index contributed by atoms with van der Waals surface area (Å²) in [5.74, 6) is 0. The average molecular weight is 125 g/mol. The number of rotatable bonds is 0. The number of hydrazone groups is 1. The summed E-state index contributed by atoms with van der Waals surface area (Å²) < 4.78 is 0. The Morgan fingerprint density at radius 2 is 2.75 bits per heavy atom. The summed E-state index contributed by atoms with van der Waals surface area (Å²) in [6.07, 6.45) is 3.43. The van der Waals surface area contributed by atoms with E-state index in [2.05, 4.69) is 10.1 Å². The van der Waals surface area contributed by atoms with E-state index in [1.165, 1.54) is 0 Å². The predicted octanol–water partition coefficient (Wildman–Crippen LogP) is 0.155. The van der Waals surface area contributed by atoms with E-state index in [0.29, 0.717) is 0 Å². The monoisotopic (exact) mass is 125 g/mol. The van der Waals surface area contributed by atoms with Crippen LogP contribution in [0.1, 0.15) is 0 Å². The summed E-state index contributed by atoms with van der Waals surface area (Å²) in [4.78, 5) is 3.95. The molecule has 2 rings (SSSR count).